The highest BCUT2D eigenvalue weighted by Crippen LogP contribution is 2.45. The molecule has 0 fully saturated rings. The molecule has 0 atom stereocenters. The molecule has 0 bridgehead atoms. The van der Waals surface area contributed by atoms with Crippen LogP contribution in [-0.4, -0.2) is 37.6 Å². The van der Waals surface area contributed by atoms with Crippen LogP contribution in [0.25, 0.3) is 26.6 Å². The lowest BCUT2D eigenvalue weighted by Crippen LogP contribution is -2.05. The largest absolute Gasteiger partial charge is 0.503 e. The number of aromatic hydroxyl groups is 2. The Morgan fingerprint density at radius 3 is 2.61 bits per heavy atom. The zero-order valence-corrected chi connectivity index (χ0v) is 18.0. The zero-order valence-electron chi connectivity index (χ0n) is 17.2. The summed E-state index contributed by atoms with van der Waals surface area (Å²) in [6, 6.07) is 13.9. The number of benzene rings is 2. The molecule has 3 heterocycles. The topological polar surface area (TPSA) is 97.5 Å². The fraction of sp³-hybridized carbons (Fsp3) is 0.0417. The highest BCUT2D eigenvalue weighted by molar-refractivity contribution is 7.20. The van der Waals surface area contributed by atoms with Gasteiger partial charge in [0.25, 0.3) is 0 Å². The molecule has 2 aromatic carbocycles. The molecule has 0 saturated heterocycles. The number of pyridine rings is 1. The van der Waals surface area contributed by atoms with Crippen LogP contribution in [-0.2, 0) is 0 Å². The number of halogens is 1. The molecule has 33 heavy (non-hydrogen) atoms. The van der Waals surface area contributed by atoms with Gasteiger partial charge in [0.05, 0.1) is 28.6 Å². The summed E-state index contributed by atoms with van der Waals surface area (Å²) in [6.07, 6.45) is 2.89. The average Bonchev–Trinajstić information content (AvgIpc) is 3.37. The van der Waals surface area contributed by atoms with Crippen molar-refractivity contribution < 1.29 is 24.1 Å². The van der Waals surface area contributed by atoms with E-state index < -0.39 is 23.2 Å². The van der Waals surface area contributed by atoms with Crippen LogP contribution in [0.3, 0.4) is 0 Å². The predicted molar refractivity (Wildman–Crippen MR) is 122 cm³/mol. The highest BCUT2D eigenvalue weighted by atomic mass is 32.1. The number of nitrogens with zero attached hydrogens (tertiary/aromatic N) is 3. The smallest absolute Gasteiger partial charge is 0.242 e. The fourth-order valence-electron chi connectivity index (χ4n) is 3.59. The Hall–Kier alpha value is -4.24. The van der Waals surface area contributed by atoms with Gasteiger partial charge in [0, 0.05) is 18.0 Å². The van der Waals surface area contributed by atoms with Gasteiger partial charge in [-0.1, -0.05) is 11.3 Å². The van der Waals surface area contributed by atoms with Crippen molar-refractivity contribution in [3.8, 4) is 33.8 Å². The summed E-state index contributed by atoms with van der Waals surface area (Å²) in [6.45, 7) is 0. The second kappa shape index (κ2) is 8.03. The number of ether oxygens (including phenoxy) is 1. The maximum absolute atomic E-state index is 13.6. The van der Waals surface area contributed by atoms with Gasteiger partial charge < -0.3 is 14.9 Å². The standard InChI is InChI=1S/C24H16FN3O4S/c1-32-16-8-9-17-18(11-16)33-24(27-17)28-20(13-4-6-15(25)7-5-13)19(22(30)23(28)31)21(29)14-3-2-10-26-12-14/h2-12,30-31H,1H3. The van der Waals surface area contributed by atoms with Crippen molar-refractivity contribution in [2.75, 3.05) is 7.11 Å². The van der Waals surface area contributed by atoms with E-state index in [4.69, 9.17) is 4.74 Å². The molecule has 0 radical (unpaired) electrons. The predicted octanol–water partition coefficient (Wildman–Crippen LogP) is 4.94. The number of rotatable bonds is 5. The zero-order chi connectivity index (χ0) is 23.1. The lowest BCUT2D eigenvalue weighted by atomic mass is 10.0. The fourth-order valence-corrected chi connectivity index (χ4v) is 4.59. The number of carbonyl (C=O) groups excluding carboxylic acids is 1. The number of methoxy groups -OCH3 is 1. The maximum Gasteiger partial charge on any atom is 0.242 e. The highest BCUT2D eigenvalue weighted by Gasteiger charge is 2.31. The first-order chi connectivity index (χ1) is 16.0. The van der Waals surface area contributed by atoms with E-state index in [9.17, 15) is 19.4 Å². The summed E-state index contributed by atoms with van der Waals surface area (Å²) in [5.41, 5.74) is 1.33. The molecule has 9 heteroatoms. The number of aromatic nitrogens is 3. The number of fused-ring (bicyclic) bond motifs is 1. The van der Waals surface area contributed by atoms with Crippen LogP contribution >= 0.6 is 11.3 Å². The molecular formula is C24H16FN3O4S. The van der Waals surface area contributed by atoms with E-state index in [-0.39, 0.29) is 16.8 Å². The lowest BCUT2D eigenvalue weighted by Gasteiger charge is -2.09. The van der Waals surface area contributed by atoms with E-state index in [1.165, 1.54) is 52.6 Å². The number of hydrogen-bond acceptors (Lipinski definition) is 7. The van der Waals surface area contributed by atoms with Gasteiger partial charge in [-0.15, -0.1) is 0 Å². The van der Waals surface area contributed by atoms with Gasteiger partial charge in [0.1, 0.15) is 11.6 Å². The normalized spacial score (nSPS) is 11.1. The average molecular weight is 461 g/mol. The number of ketones is 1. The van der Waals surface area contributed by atoms with E-state index >= 15 is 0 Å². The summed E-state index contributed by atoms with van der Waals surface area (Å²) in [7, 11) is 1.56. The third-order valence-electron chi connectivity index (χ3n) is 5.16. The van der Waals surface area contributed by atoms with Crippen molar-refractivity contribution >= 4 is 27.3 Å². The Morgan fingerprint density at radius 2 is 1.91 bits per heavy atom. The van der Waals surface area contributed by atoms with Gasteiger partial charge in [0.2, 0.25) is 11.7 Å². The Balaban J connectivity index is 1.79. The summed E-state index contributed by atoms with van der Waals surface area (Å²) in [5.74, 6) is -1.51. The molecular weight excluding hydrogens is 445 g/mol. The Morgan fingerprint density at radius 1 is 1.12 bits per heavy atom. The van der Waals surface area contributed by atoms with Crippen molar-refractivity contribution in [3.63, 3.8) is 0 Å². The van der Waals surface area contributed by atoms with E-state index in [0.29, 0.717) is 22.0 Å². The molecule has 0 amide bonds. The molecule has 164 valence electrons. The molecule has 0 saturated carbocycles. The van der Waals surface area contributed by atoms with Crippen molar-refractivity contribution in [2.24, 2.45) is 0 Å². The first-order valence-corrected chi connectivity index (χ1v) is 10.6. The van der Waals surface area contributed by atoms with E-state index in [1.807, 2.05) is 0 Å². The molecule has 0 unspecified atom stereocenters. The second-order valence-electron chi connectivity index (χ2n) is 7.14. The number of thiazole rings is 1. The quantitative estimate of drug-likeness (QED) is 0.360. The van der Waals surface area contributed by atoms with Crippen LogP contribution < -0.4 is 4.74 Å². The lowest BCUT2D eigenvalue weighted by molar-refractivity contribution is 0.103. The van der Waals surface area contributed by atoms with Gasteiger partial charge in [-0.25, -0.2) is 9.37 Å². The van der Waals surface area contributed by atoms with E-state index in [2.05, 4.69) is 9.97 Å². The molecule has 0 aliphatic carbocycles. The van der Waals surface area contributed by atoms with Gasteiger partial charge in [-0.05, 0) is 60.2 Å². The van der Waals surface area contributed by atoms with Crippen molar-refractivity contribution in [1.29, 1.82) is 0 Å². The van der Waals surface area contributed by atoms with Crippen LogP contribution in [0.4, 0.5) is 4.39 Å². The van der Waals surface area contributed by atoms with Crippen molar-refractivity contribution in [1.82, 2.24) is 14.5 Å². The Bertz CT molecular complexity index is 1490. The third-order valence-corrected chi connectivity index (χ3v) is 6.17. The summed E-state index contributed by atoms with van der Waals surface area (Å²) >= 11 is 1.24. The summed E-state index contributed by atoms with van der Waals surface area (Å²) < 4.78 is 21.0. The van der Waals surface area contributed by atoms with Gasteiger partial charge >= 0.3 is 0 Å². The Kier molecular flexibility index (Phi) is 5.02. The molecule has 0 aliphatic rings. The maximum atomic E-state index is 13.6. The molecule has 2 N–H and O–H groups in total. The number of carbonyl (C=O) groups is 1. The summed E-state index contributed by atoms with van der Waals surface area (Å²) in [4.78, 5) is 21.9. The monoisotopic (exact) mass is 461 g/mol. The molecule has 0 aliphatic heterocycles. The Labute approximate surface area is 191 Å². The molecule has 5 aromatic rings. The van der Waals surface area contributed by atoms with Crippen LogP contribution in [0.15, 0.2) is 67.0 Å². The van der Waals surface area contributed by atoms with E-state index in [0.717, 1.165) is 4.70 Å². The van der Waals surface area contributed by atoms with Crippen molar-refractivity contribution in [3.05, 3.63) is 83.9 Å². The SMILES string of the molecule is COc1ccc2nc(-n3c(O)c(O)c(C(=O)c4cccnc4)c3-c3ccc(F)cc3)sc2c1. The first kappa shape index (κ1) is 20.7. The van der Waals surface area contributed by atoms with Crippen LogP contribution in [0.1, 0.15) is 15.9 Å². The van der Waals surface area contributed by atoms with E-state index in [1.54, 1.807) is 37.4 Å². The molecule has 0 spiro atoms. The van der Waals surface area contributed by atoms with Crippen LogP contribution in [0.2, 0.25) is 0 Å². The van der Waals surface area contributed by atoms with Gasteiger partial charge in [-0.3, -0.25) is 14.3 Å². The van der Waals surface area contributed by atoms with Crippen LogP contribution in [0.5, 0.6) is 17.4 Å². The van der Waals surface area contributed by atoms with Gasteiger partial charge in [0.15, 0.2) is 10.9 Å². The first-order valence-electron chi connectivity index (χ1n) is 9.80. The minimum absolute atomic E-state index is 0.135. The molecule has 7 nitrogen and oxygen atoms in total. The number of hydrogen-bond donors (Lipinski definition) is 2. The minimum atomic E-state index is -0.597. The van der Waals surface area contributed by atoms with Crippen molar-refractivity contribution in [2.45, 2.75) is 0 Å². The molecule has 5 rings (SSSR count). The van der Waals surface area contributed by atoms with Crippen LogP contribution in [0, 0.1) is 5.82 Å². The second-order valence-corrected chi connectivity index (χ2v) is 8.15. The van der Waals surface area contributed by atoms with Gasteiger partial charge in [-0.2, -0.15) is 0 Å². The summed E-state index contributed by atoms with van der Waals surface area (Å²) in [5, 5.41) is 22.1. The third kappa shape index (κ3) is 3.48. The molecule has 3 aromatic heterocycles. The minimum Gasteiger partial charge on any atom is -0.503 e.